The summed E-state index contributed by atoms with van der Waals surface area (Å²) in [5.41, 5.74) is 8.57. The third-order valence-electron chi connectivity index (χ3n) is 2.79. The van der Waals surface area contributed by atoms with Crippen molar-refractivity contribution in [3.05, 3.63) is 58.6 Å². The van der Waals surface area contributed by atoms with Gasteiger partial charge in [-0.25, -0.2) is 0 Å². The Morgan fingerprint density at radius 2 is 1.79 bits per heavy atom. The molecule has 0 aliphatic rings. The van der Waals surface area contributed by atoms with Gasteiger partial charge in [-0.2, -0.15) is 0 Å². The van der Waals surface area contributed by atoms with Crippen molar-refractivity contribution in [2.75, 3.05) is 6.54 Å². The van der Waals surface area contributed by atoms with Gasteiger partial charge < -0.3 is 11.1 Å². The van der Waals surface area contributed by atoms with Gasteiger partial charge in [-0.1, -0.05) is 52.3 Å². The molecule has 0 spiro atoms. The summed E-state index contributed by atoms with van der Waals surface area (Å²) in [5, 5.41) is 3.04. The number of halogens is 1. The molecule has 0 aliphatic heterocycles. The van der Waals surface area contributed by atoms with Crippen molar-refractivity contribution < 1.29 is 4.79 Å². The Hall–Kier alpha value is -1.65. The maximum Gasteiger partial charge on any atom is 0.231 e. The van der Waals surface area contributed by atoms with Gasteiger partial charge in [0.05, 0.1) is 6.54 Å². The number of primary amides is 1. The molecule has 2 aromatic carbocycles. The zero-order valence-electron chi connectivity index (χ0n) is 10.4. The molecule has 2 rings (SSSR count). The summed E-state index contributed by atoms with van der Waals surface area (Å²) in [7, 11) is 0. The van der Waals surface area contributed by atoms with Gasteiger partial charge in [-0.15, -0.1) is 0 Å². The molecular formula is C15H15BrN2O. The van der Waals surface area contributed by atoms with E-state index in [1.54, 1.807) is 0 Å². The third-order valence-corrected chi connectivity index (χ3v) is 3.32. The van der Waals surface area contributed by atoms with Crippen LogP contribution >= 0.6 is 15.9 Å². The number of hydrogen-bond acceptors (Lipinski definition) is 2. The molecule has 4 heteroatoms. The molecule has 2 aromatic rings. The first-order valence-corrected chi connectivity index (χ1v) is 6.79. The van der Waals surface area contributed by atoms with Crippen LogP contribution < -0.4 is 11.1 Å². The molecule has 1 amide bonds. The summed E-state index contributed by atoms with van der Waals surface area (Å²) in [5.74, 6) is -0.346. The van der Waals surface area contributed by atoms with Crippen molar-refractivity contribution in [2.24, 2.45) is 5.73 Å². The molecule has 0 aliphatic carbocycles. The highest BCUT2D eigenvalue weighted by Gasteiger charge is 2.04. The summed E-state index contributed by atoms with van der Waals surface area (Å²) in [4.78, 5) is 10.7. The Kier molecular flexibility index (Phi) is 4.71. The topological polar surface area (TPSA) is 55.1 Å². The van der Waals surface area contributed by atoms with E-state index >= 15 is 0 Å². The number of carbonyl (C=O) groups is 1. The number of amides is 1. The van der Waals surface area contributed by atoms with Crippen molar-refractivity contribution in [1.29, 1.82) is 0 Å². The average molecular weight is 319 g/mol. The summed E-state index contributed by atoms with van der Waals surface area (Å²) >= 11 is 3.43. The zero-order valence-corrected chi connectivity index (χ0v) is 12.0. The highest BCUT2D eigenvalue weighted by Crippen LogP contribution is 2.25. The first-order chi connectivity index (χ1) is 9.16. The molecule has 0 radical (unpaired) electrons. The fraction of sp³-hybridized carbons (Fsp3) is 0.133. The summed E-state index contributed by atoms with van der Waals surface area (Å²) in [6, 6.07) is 16.3. The van der Waals surface area contributed by atoms with E-state index in [2.05, 4.69) is 39.4 Å². The molecule has 3 nitrogen and oxygen atoms in total. The molecule has 98 valence electrons. The predicted octanol–water partition coefficient (Wildman–Crippen LogP) is 2.69. The predicted molar refractivity (Wildman–Crippen MR) is 80.5 cm³/mol. The highest BCUT2D eigenvalue weighted by atomic mass is 79.9. The molecule has 0 unspecified atom stereocenters. The summed E-state index contributed by atoms with van der Waals surface area (Å²) < 4.78 is 1.06. The van der Waals surface area contributed by atoms with Gasteiger partial charge in [0.25, 0.3) is 0 Å². The molecule has 0 saturated heterocycles. The van der Waals surface area contributed by atoms with Gasteiger partial charge in [0, 0.05) is 11.0 Å². The quantitative estimate of drug-likeness (QED) is 0.890. The Labute approximate surface area is 121 Å². The molecule has 0 aromatic heterocycles. The number of hydrogen-bond donors (Lipinski definition) is 2. The Bertz CT molecular complexity index is 567. The SMILES string of the molecule is NC(=O)CNCc1ccccc1-c1ccc(Br)cc1. The van der Waals surface area contributed by atoms with Crippen LogP contribution in [-0.2, 0) is 11.3 Å². The minimum absolute atomic E-state index is 0.189. The molecule has 0 bridgehead atoms. The van der Waals surface area contributed by atoms with Crippen molar-refractivity contribution in [2.45, 2.75) is 6.54 Å². The molecular weight excluding hydrogens is 304 g/mol. The number of rotatable bonds is 5. The lowest BCUT2D eigenvalue weighted by Gasteiger charge is -2.10. The number of nitrogens with two attached hydrogens (primary N) is 1. The maximum atomic E-state index is 10.7. The van der Waals surface area contributed by atoms with E-state index in [0.717, 1.165) is 21.2 Å². The Balaban J connectivity index is 2.20. The van der Waals surface area contributed by atoms with Crippen LogP contribution in [0.1, 0.15) is 5.56 Å². The summed E-state index contributed by atoms with van der Waals surface area (Å²) in [6.45, 7) is 0.809. The van der Waals surface area contributed by atoms with E-state index in [4.69, 9.17) is 5.73 Å². The van der Waals surface area contributed by atoms with Crippen LogP contribution in [-0.4, -0.2) is 12.5 Å². The van der Waals surface area contributed by atoms with Gasteiger partial charge in [-0.05, 0) is 28.8 Å². The van der Waals surface area contributed by atoms with Crippen LogP contribution in [0.4, 0.5) is 0 Å². The van der Waals surface area contributed by atoms with Crippen LogP contribution in [0.2, 0.25) is 0 Å². The lowest BCUT2D eigenvalue weighted by atomic mass is 10.00. The normalized spacial score (nSPS) is 10.4. The first kappa shape index (κ1) is 13.8. The minimum Gasteiger partial charge on any atom is -0.369 e. The van der Waals surface area contributed by atoms with Gasteiger partial charge >= 0.3 is 0 Å². The smallest absolute Gasteiger partial charge is 0.231 e. The third kappa shape index (κ3) is 3.91. The van der Waals surface area contributed by atoms with Gasteiger partial charge in [-0.3, -0.25) is 4.79 Å². The van der Waals surface area contributed by atoms with Crippen molar-refractivity contribution in [1.82, 2.24) is 5.32 Å². The van der Waals surface area contributed by atoms with Gasteiger partial charge in [0.1, 0.15) is 0 Å². The second-order valence-electron chi connectivity index (χ2n) is 4.23. The number of nitrogens with one attached hydrogen (secondary N) is 1. The fourth-order valence-electron chi connectivity index (χ4n) is 1.91. The molecule has 19 heavy (non-hydrogen) atoms. The van der Waals surface area contributed by atoms with E-state index in [1.807, 2.05) is 30.3 Å². The van der Waals surface area contributed by atoms with E-state index in [0.29, 0.717) is 6.54 Å². The molecule has 0 atom stereocenters. The lowest BCUT2D eigenvalue weighted by Crippen LogP contribution is -2.28. The molecule has 3 N–H and O–H groups in total. The average Bonchev–Trinajstić information content (AvgIpc) is 2.40. The van der Waals surface area contributed by atoms with Crippen LogP contribution in [0.5, 0.6) is 0 Å². The Morgan fingerprint density at radius 3 is 2.47 bits per heavy atom. The van der Waals surface area contributed by atoms with E-state index in [-0.39, 0.29) is 12.5 Å². The lowest BCUT2D eigenvalue weighted by molar-refractivity contribution is -0.117. The highest BCUT2D eigenvalue weighted by molar-refractivity contribution is 9.10. The van der Waals surface area contributed by atoms with Crippen molar-refractivity contribution >= 4 is 21.8 Å². The molecule has 0 fully saturated rings. The first-order valence-electron chi connectivity index (χ1n) is 5.99. The van der Waals surface area contributed by atoms with E-state index in [1.165, 1.54) is 0 Å². The van der Waals surface area contributed by atoms with E-state index < -0.39 is 0 Å². The van der Waals surface area contributed by atoms with Crippen LogP contribution in [0.3, 0.4) is 0 Å². The van der Waals surface area contributed by atoms with Crippen LogP contribution in [0.25, 0.3) is 11.1 Å². The van der Waals surface area contributed by atoms with E-state index in [9.17, 15) is 4.79 Å². The molecule has 0 heterocycles. The van der Waals surface area contributed by atoms with Crippen LogP contribution in [0.15, 0.2) is 53.0 Å². The fourth-order valence-corrected chi connectivity index (χ4v) is 2.17. The largest absolute Gasteiger partial charge is 0.369 e. The number of benzene rings is 2. The maximum absolute atomic E-state index is 10.7. The summed E-state index contributed by atoms with van der Waals surface area (Å²) in [6.07, 6.45) is 0. The van der Waals surface area contributed by atoms with Gasteiger partial charge in [0.15, 0.2) is 0 Å². The van der Waals surface area contributed by atoms with Crippen LogP contribution in [0, 0.1) is 0 Å². The van der Waals surface area contributed by atoms with Gasteiger partial charge in [0.2, 0.25) is 5.91 Å². The van der Waals surface area contributed by atoms with Crippen molar-refractivity contribution in [3.63, 3.8) is 0 Å². The minimum atomic E-state index is -0.346. The zero-order chi connectivity index (χ0) is 13.7. The van der Waals surface area contributed by atoms with Crippen molar-refractivity contribution in [3.8, 4) is 11.1 Å². The monoisotopic (exact) mass is 318 g/mol. The Morgan fingerprint density at radius 1 is 1.11 bits per heavy atom. The standard InChI is InChI=1S/C15H15BrN2O/c16-13-7-5-11(6-8-13)14-4-2-1-3-12(14)9-18-10-15(17)19/h1-8,18H,9-10H2,(H2,17,19). The second kappa shape index (κ2) is 6.50. The molecule has 0 saturated carbocycles. The second-order valence-corrected chi connectivity index (χ2v) is 5.15. The number of carbonyl (C=O) groups excluding carboxylic acids is 1.